The Morgan fingerprint density at radius 2 is 2.04 bits per heavy atom. The highest BCUT2D eigenvalue weighted by Crippen LogP contribution is 2.43. The van der Waals surface area contributed by atoms with Gasteiger partial charge in [-0.25, -0.2) is 4.39 Å². The van der Waals surface area contributed by atoms with Crippen LogP contribution in [0.25, 0.3) is 22.0 Å². The van der Waals surface area contributed by atoms with Crippen molar-refractivity contribution < 1.29 is 13.7 Å². The summed E-state index contributed by atoms with van der Waals surface area (Å²) < 4.78 is 27.1. The van der Waals surface area contributed by atoms with Gasteiger partial charge in [-0.2, -0.15) is 0 Å². The van der Waals surface area contributed by atoms with E-state index in [0.717, 1.165) is 0 Å². The van der Waals surface area contributed by atoms with E-state index >= 15 is 0 Å². The number of aromatic amines is 1. The Labute approximate surface area is 152 Å². The molecule has 5 nitrogen and oxygen atoms in total. The molecule has 1 aromatic heterocycles. The SMILES string of the molecule is Cl.NCC[S+]([O-])c1cc(-c2ccc[nH]2)c2c3c(ccc(F)c13)NC2=O. The number of rotatable bonds is 4. The van der Waals surface area contributed by atoms with Crippen molar-refractivity contribution in [2.24, 2.45) is 5.73 Å². The zero-order valence-corrected chi connectivity index (χ0v) is 14.6. The quantitative estimate of drug-likeness (QED) is 0.608. The molecule has 2 aromatic carbocycles. The summed E-state index contributed by atoms with van der Waals surface area (Å²) in [7, 11) is 0. The second kappa shape index (κ2) is 6.68. The molecule has 0 fully saturated rings. The van der Waals surface area contributed by atoms with Crippen LogP contribution >= 0.6 is 12.4 Å². The molecule has 8 heteroatoms. The van der Waals surface area contributed by atoms with Crippen LogP contribution in [0.2, 0.25) is 0 Å². The van der Waals surface area contributed by atoms with Crippen LogP contribution in [0.5, 0.6) is 0 Å². The maximum Gasteiger partial charge on any atom is 0.257 e. The fourth-order valence-corrected chi connectivity index (χ4v) is 4.23. The molecule has 2 heterocycles. The molecule has 130 valence electrons. The highest BCUT2D eigenvalue weighted by molar-refractivity contribution is 7.91. The third-order valence-electron chi connectivity index (χ3n) is 4.11. The largest absolute Gasteiger partial charge is 0.611 e. The van der Waals surface area contributed by atoms with Crippen molar-refractivity contribution in [3.63, 3.8) is 0 Å². The van der Waals surface area contributed by atoms with Gasteiger partial charge in [-0.3, -0.25) is 4.79 Å². The summed E-state index contributed by atoms with van der Waals surface area (Å²) >= 11 is -1.46. The number of amides is 1. The molecule has 4 N–H and O–H groups in total. The van der Waals surface area contributed by atoms with Gasteiger partial charge in [0.25, 0.3) is 5.91 Å². The minimum atomic E-state index is -1.46. The zero-order valence-electron chi connectivity index (χ0n) is 13.0. The summed E-state index contributed by atoms with van der Waals surface area (Å²) in [4.78, 5) is 15.8. The highest BCUT2D eigenvalue weighted by Gasteiger charge is 2.32. The molecular weight excluding hydrogens is 365 g/mol. The Balaban J connectivity index is 0.00000182. The van der Waals surface area contributed by atoms with Gasteiger partial charge in [0, 0.05) is 35.5 Å². The van der Waals surface area contributed by atoms with E-state index in [-0.39, 0.29) is 36.0 Å². The van der Waals surface area contributed by atoms with Crippen LogP contribution in [0.4, 0.5) is 10.1 Å². The van der Waals surface area contributed by atoms with Gasteiger partial charge in [0.1, 0.15) is 11.6 Å². The first-order valence-corrected chi connectivity index (χ1v) is 8.76. The van der Waals surface area contributed by atoms with Gasteiger partial charge in [0.05, 0.1) is 16.6 Å². The number of carbonyl (C=O) groups is 1. The molecule has 1 unspecified atom stereocenters. The van der Waals surface area contributed by atoms with E-state index < -0.39 is 17.0 Å². The van der Waals surface area contributed by atoms with Crippen LogP contribution in [-0.2, 0) is 11.2 Å². The topological polar surface area (TPSA) is 94.0 Å². The van der Waals surface area contributed by atoms with Gasteiger partial charge in [0.15, 0.2) is 4.90 Å². The lowest BCUT2D eigenvalue weighted by Crippen LogP contribution is -2.17. The fraction of sp³-hybridized carbons (Fsp3) is 0.118. The maximum absolute atomic E-state index is 14.5. The Kier molecular flexibility index (Phi) is 4.75. The molecule has 0 spiro atoms. The molecule has 1 atom stereocenters. The van der Waals surface area contributed by atoms with Gasteiger partial charge in [-0.1, -0.05) is 0 Å². The van der Waals surface area contributed by atoms with E-state index in [1.165, 1.54) is 12.1 Å². The first-order chi connectivity index (χ1) is 11.6. The highest BCUT2D eigenvalue weighted by atomic mass is 35.5. The molecule has 0 aliphatic carbocycles. The van der Waals surface area contributed by atoms with Crippen molar-refractivity contribution in [3.8, 4) is 11.3 Å². The fourth-order valence-electron chi connectivity index (χ4n) is 3.12. The Bertz CT molecular complexity index is 962. The first kappa shape index (κ1) is 17.8. The number of H-pyrrole nitrogens is 1. The maximum atomic E-state index is 14.5. The minimum Gasteiger partial charge on any atom is -0.611 e. The van der Waals surface area contributed by atoms with E-state index in [2.05, 4.69) is 10.3 Å². The number of anilines is 1. The van der Waals surface area contributed by atoms with Crippen molar-refractivity contribution in [2.75, 3.05) is 17.6 Å². The number of nitrogens with one attached hydrogen (secondary N) is 2. The summed E-state index contributed by atoms with van der Waals surface area (Å²) in [6, 6.07) is 8.07. The Morgan fingerprint density at radius 3 is 2.72 bits per heavy atom. The molecule has 0 saturated carbocycles. The predicted octanol–water partition coefficient (Wildman–Crippen LogP) is 3.03. The molecule has 1 aliphatic heterocycles. The number of aromatic nitrogens is 1. The summed E-state index contributed by atoms with van der Waals surface area (Å²) in [6.45, 7) is 0.228. The molecule has 1 aliphatic rings. The molecule has 25 heavy (non-hydrogen) atoms. The van der Waals surface area contributed by atoms with Crippen LogP contribution in [0.3, 0.4) is 0 Å². The third kappa shape index (κ3) is 2.69. The van der Waals surface area contributed by atoms with Crippen molar-refractivity contribution in [2.45, 2.75) is 4.90 Å². The average Bonchev–Trinajstić information content (AvgIpc) is 3.20. The number of hydrogen-bond acceptors (Lipinski definition) is 3. The second-order valence-electron chi connectivity index (χ2n) is 5.52. The number of benzene rings is 2. The monoisotopic (exact) mass is 379 g/mol. The standard InChI is InChI=1S/C17H14FN3O2S.ClH/c18-10-3-4-12-16-14(17(22)21-12)9(11-2-1-6-20-11)8-13(15(10)16)24(23)7-5-19;/h1-4,6,8,20H,5,7,19H2,(H,21,22);1H. The normalized spacial score (nSPS) is 13.6. The summed E-state index contributed by atoms with van der Waals surface area (Å²) in [5.74, 6) is -0.560. The van der Waals surface area contributed by atoms with Crippen molar-refractivity contribution >= 4 is 45.9 Å². The molecule has 0 radical (unpaired) electrons. The number of hydrogen-bond donors (Lipinski definition) is 3. The first-order valence-electron chi connectivity index (χ1n) is 7.44. The van der Waals surface area contributed by atoms with Gasteiger partial charge in [-0.05, 0) is 35.4 Å². The van der Waals surface area contributed by atoms with Crippen LogP contribution < -0.4 is 11.1 Å². The van der Waals surface area contributed by atoms with Crippen LogP contribution in [-0.4, -0.2) is 27.7 Å². The van der Waals surface area contributed by atoms with Gasteiger partial charge < -0.3 is 20.6 Å². The van der Waals surface area contributed by atoms with Gasteiger partial charge in [-0.15, -0.1) is 12.4 Å². The zero-order chi connectivity index (χ0) is 16.8. The van der Waals surface area contributed by atoms with Gasteiger partial charge >= 0.3 is 0 Å². The average molecular weight is 380 g/mol. The number of nitrogens with two attached hydrogens (primary N) is 1. The third-order valence-corrected chi connectivity index (χ3v) is 5.53. The van der Waals surface area contributed by atoms with E-state index in [0.29, 0.717) is 32.8 Å². The molecule has 1 amide bonds. The van der Waals surface area contributed by atoms with E-state index in [9.17, 15) is 13.7 Å². The van der Waals surface area contributed by atoms with E-state index in [1.54, 1.807) is 12.3 Å². The molecule has 0 bridgehead atoms. The Morgan fingerprint density at radius 1 is 1.24 bits per heavy atom. The summed E-state index contributed by atoms with van der Waals surface area (Å²) in [6.07, 6.45) is 1.74. The Hall–Kier alpha value is -2.06. The molecule has 3 aromatic rings. The van der Waals surface area contributed by atoms with Crippen LogP contribution in [0.15, 0.2) is 41.4 Å². The second-order valence-corrected chi connectivity index (χ2v) is 7.06. The summed E-state index contributed by atoms with van der Waals surface area (Å²) in [5, 5.41) is 3.46. The molecule has 0 saturated heterocycles. The van der Waals surface area contributed by atoms with Crippen molar-refractivity contribution in [1.82, 2.24) is 4.98 Å². The molecular formula is C17H15ClFN3O2S. The number of carbonyl (C=O) groups excluding carboxylic acids is 1. The lowest BCUT2D eigenvalue weighted by atomic mass is 9.97. The lowest BCUT2D eigenvalue weighted by molar-refractivity contribution is 0.103. The molecule has 4 rings (SSSR count). The minimum absolute atomic E-state index is 0. The van der Waals surface area contributed by atoms with Gasteiger partial charge in [0.2, 0.25) is 0 Å². The van der Waals surface area contributed by atoms with Crippen LogP contribution in [0.1, 0.15) is 10.4 Å². The van der Waals surface area contributed by atoms with Crippen molar-refractivity contribution in [3.05, 3.63) is 47.9 Å². The summed E-state index contributed by atoms with van der Waals surface area (Å²) in [5.41, 5.74) is 7.77. The van der Waals surface area contributed by atoms with Crippen molar-refractivity contribution in [1.29, 1.82) is 0 Å². The predicted molar refractivity (Wildman–Crippen MR) is 99.2 cm³/mol. The number of halogens is 2. The van der Waals surface area contributed by atoms with E-state index in [1.807, 2.05) is 12.1 Å². The van der Waals surface area contributed by atoms with Crippen LogP contribution in [0, 0.1) is 5.82 Å². The van der Waals surface area contributed by atoms with E-state index in [4.69, 9.17) is 5.73 Å². The smallest absolute Gasteiger partial charge is 0.257 e. The lowest BCUT2D eigenvalue weighted by Gasteiger charge is -2.15.